The molecule has 3 aliphatic rings. The lowest BCUT2D eigenvalue weighted by Crippen LogP contribution is -2.61. The summed E-state index contributed by atoms with van der Waals surface area (Å²) in [4.78, 5) is 69.0. The highest BCUT2D eigenvalue weighted by Crippen LogP contribution is 2.65. The second-order valence-corrected chi connectivity index (χ2v) is 12.3. The van der Waals surface area contributed by atoms with Crippen LogP contribution in [0.15, 0.2) is 18.5 Å². The third-order valence-electron chi connectivity index (χ3n) is 8.12. The van der Waals surface area contributed by atoms with Crippen molar-refractivity contribution in [3.8, 4) is 5.75 Å². The van der Waals surface area contributed by atoms with Crippen LogP contribution in [0.3, 0.4) is 0 Å². The summed E-state index contributed by atoms with van der Waals surface area (Å²) in [6, 6.07) is -2.60. The average Bonchev–Trinajstić information content (AvgIpc) is 3.18. The maximum atomic E-state index is 13.6. The summed E-state index contributed by atoms with van der Waals surface area (Å²) >= 11 is 0. The molecule has 0 bridgehead atoms. The Morgan fingerprint density at radius 1 is 1.22 bits per heavy atom. The minimum absolute atomic E-state index is 0.0727. The fourth-order valence-electron chi connectivity index (χ4n) is 5.71. The molecule has 5 N–H and O–H groups in total. The van der Waals surface area contributed by atoms with E-state index in [0.717, 1.165) is 4.90 Å². The van der Waals surface area contributed by atoms with Gasteiger partial charge in [-0.1, -0.05) is 34.6 Å². The van der Waals surface area contributed by atoms with Gasteiger partial charge in [0.05, 0.1) is 6.20 Å². The van der Waals surface area contributed by atoms with Gasteiger partial charge in [-0.3, -0.25) is 29.0 Å². The van der Waals surface area contributed by atoms with Gasteiger partial charge in [-0.05, 0) is 22.7 Å². The number of hydrogen-bond donors (Lipinski definition) is 4. The molecule has 0 radical (unpaired) electrons. The highest BCUT2D eigenvalue weighted by atomic mass is 19.4. The van der Waals surface area contributed by atoms with Crippen LogP contribution in [-0.4, -0.2) is 76.4 Å². The number of alkyl halides is 3. The van der Waals surface area contributed by atoms with E-state index in [-0.39, 0.29) is 30.2 Å². The zero-order valence-corrected chi connectivity index (χ0v) is 23.2. The van der Waals surface area contributed by atoms with E-state index < -0.39 is 65.4 Å². The number of pyridine rings is 1. The SMILES string of the molecule is CC(C)(C)C(NC(=O)C(F)(F)F)C(=O)N1C[C@H]2[C@@H]([C@H]1C(=O)NC(C[C@H]1Oc3ccncc3NC1=O)C(N)=O)C2(C)C. The summed E-state index contributed by atoms with van der Waals surface area (Å²) in [6.07, 6.45) is -3.88. The summed E-state index contributed by atoms with van der Waals surface area (Å²) in [7, 11) is 0. The fourth-order valence-corrected chi connectivity index (χ4v) is 5.71. The monoisotopic (exact) mass is 582 g/mol. The van der Waals surface area contributed by atoms with Crippen molar-refractivity contribution >= 4 is 35.2 Å². The number of halogens is 3. The van der Waals surface area contributed by atoms with Crippen molar-refractivity contribution in [2.75, 3.05) is 11.9 Å². The normalized spacial score (nSPS) is 26.0. The largest absolute Gasteiger partial charge is 0.478 e. The molecule has 0 spiro atoms. The Hall–Kier alpha value is -3.91. The first kappa shape index (κ1) is 30.1. The molecule has 3 heterocycles. The minimum atomic E-state index is -5.21. The quantitative estimate of drug-likeness (QED) is 0.367. The van der Waals surface area contributed by atoms with E-state index in [2.05, 4.69) is 15.6 Å². The van der Waals surface area contributed by atoms with E-state index in [1.807, 2.05) is 13.8 Å². The molecule has 6 atom stereocenters. The fraction of sp³-hybridized carbons (Fsp3) is 0.615. The van der Waals surface area contributed by atoms with Crippen LogP contribution < -0.4 is 26.4 Å². The zero-order valence-electron chi connectivity index (χ0n) is 23.2. The number of rotatable bonds is 7. The number of anilines is 1. The minimum Gasteiger partial charge on any atom is -0.478 e. The van der Waals surface area contributed by atoms with Gasteiger partial charge in [-0.25, -0.2) is 0 Å². The van der Waals surface area contributed by atoms with E-state index in [1.54, 1.807) is 5.32 Å². The lowest BCUT2D eigenvalue weighted by molar-refractivity contribution is -0.176. The molecule has 2 fully saturated rings. The number of nitrogens with two attached hydrogens (primary N) is 1. The van der Waals surface area contributed by atoms with Gasteiger partial charge in [0, 0.05) is 25.2 Å². The van der Waals surface area contributed by atoms with Crippen LogP contribution in [0.5, 0.6) is 5.75 Å². The molecule has 1 saturated carbocycles. The van der Waals surface area contributed by atoms with E-state index in [1.165, 1.54) is 39.2 Å². The van der Waals surface area contributed by atoms with Crippen molar-refractivity contribution in [3.63, 3.8) is 0 Å². The first-order valence-corrected chi connectivity index (χ1v) is 13.0. The molecule has 224 valence electrons. The number of carbonyl (C=O) groups excluding carboxylic acids is 5. The standard InChI is InChI=1S/C26H33F3N6O6/c1-24(2,3)18(34-23(40)26(27,28)29)22(39)35-10-11-16(25(11,4)5)17(35)21(38)32-12(19(30)36)8-15-20(37)33-13-9-31-7-6-14(13)41-15/h6-7,9,11-12,15-18H,8,10H2,1-5H3,(H2,30,36)(H,32,38)(H,33,37)(H,34,40)/t11-,12?,15+,16-,17-,18?/m0/s1. The molecule has 0 aromatic carbocycles. The molecule has 2 aliphatic heterocycles. The number of fused-ring (bicyclic) bond motifs is 2. The number of nitrogens with one attached hydrogen (secondary N) is 3. The number of amides is 5. The van der Waals surface area contributed by atoms with Gasteiger partial charge in [-0.15, -0.1) is 0 Å². The van der Waals surface area contributed by atoms with Gasteiger partial charge in [0.15, 0.2) is 6.10 Å². The highest BCUT2D eigenvalue weighted by molar-refractivity contribution is 5.99. The topological polar surface area (TPSA) is 173 Å². The Morgan fingerprint density at radius 3 is 2.46 bits per heavy atom. The lowest BCUT2D eigenvalue weighted by Gasteiger charge is -2.38. The van der Waals surface area contributed by atoms with Crippen LogP contribution in [0.4, 0.5) is 18.9 Å². The maximum absolute atomic E-state index is 13.6. The molecular weight excluding hydrogens is 549 g/mol. The predicted molar refractivity (Wildman–Crippen MR) is 137 cm³/mol. The molecule has 1 aliphatic carbocycles. The number of aromatic nitrogens is 1. The lowest BCUT2D eigenvalue weighted by atomic mass is 9.85. The van der Waals surface area contributed by atoms with E-state index in [0.29, 0.717) is 11.4 Å². The van der Waals surface area contributed by atoms with E-state index in [4.69, 9.17) is 10.5 Å². The van der Waals surface area contributed by atoms with Crippen molar-refractivity contribution in [2.24, 2.45) is 28.4 Å². The number of likely N-dealkylation sites (tertiary alicyclic amines) is 1. The molecule has 1 saturated heterocycles. The van der Waals surface area contributed by atoms with E-state index in [9.17, 15) is 37.1 Å². The Labute approximate surface area is 233 Å². The summed E-state index contributed by atoms with van der Waals surface area (Å²) in [5.41, 5.74) is 4.39. The molecule has 15 heteroatoms. The number of nitrogens with zero attached hydrogens (tertiary/aromatic N) is 2. The third kappa shape index (κ3) is 5.79. The number of piperidine rings is 1. The number of primary amides is 1. The van der Waals surface area contributed by atoms with Gasteiger partial charge in [0.25, 0.3) is 5.91 Å². The predicted octanol–water partition coefficient (Wildman–Crippen LogP) is 0.718. The Kier molecular flexibility index (Phi) is 7.46. The van der Waals surface area contributed by atoms with Gasteiger partial charge in [-0.2, -0.15) is 13.2 Å². The van der Waals surface area contributed by atoms with Crippen LogP contribution >= 0.6 is 0 Å². The van der Waals surface area contributed by atoms with Gasteiger partial charge in [0.1, 0.15) is 29.6 Å². The molecule has 5 amide bonds. The van der Waals surface area contributed by atoms with Crippen LogP contribution in [0.2, 0.25) is 0 Å². The van der Waals surface area contributed by atoms with Crippen molar-refractivity contribution in [1.82, 2.24) is 20.5 Å². The molecule has 41 heavy (non-hydrogen) atoms. The molecule has 4 rings (SSSR count). The van der Waals surface area contributed by atoms with Crippen LogP contribution in [0.25, 0.3) is 0 Å². The second-order valence-electron chi connectivity index (χ2n) is 12.3. The Bertz CT molecular complexity index is 1280. The van der Waals surface area contributed by atoms with Gasteiger partial charge >= 0.3 is 12.1 Å². The maximum Gasteiger partial charge on any atom is 0.471 e. The first-order chi connectivity index (χ1) is 18.8. The van der Waals surface area contributed by atoms with Crippen LogP contribution in [0.1, 0.15) is 41.0 Å². The Morgan fingerprint density at radius 2 is 1.88 bits per heavy atom. The third-order valence-corrected chi connectivity index (χ3v) is 8.12. The molecular formula is C26H33F3N6O6. The highest BCUT2D eigenvalue weighted by Gasteiger charge is 2.70. The number of ether oxygens (including phenoxy) is 1. The zero-order chi connectivity index (χ0) is 30.7. The molecule has 1 aromatic heterocycles. The van der Waals surface area contributed by atoms with E-state index >= 15 is 0 Å². The van der Waals surface area contributed by atoms with Crippen molar-refractivity contribution in [3.05, 3.63) is 18.5 Å². The van der Waals surface area contributed by atoms with Crippen molar-refractivity contribution in [1.29, 1.82) is 0 Å². The number of carbonyl (C=O) groups is 5. The number of hydrogen-bond acceptors (Lipinski definition) is 7. The summed E-state index contributed by atoms with van der Waals surface area (Å²) < 4.78 is 44.8. The summed E-state index contributed by atoms with van der Waals surface area (Å²) in [5, 5.41) is 6.91. The van der Waals surface area contributed by atoms with Crippen molar-refractivity contribution in [2.45, 2.75) is 71.4 Å². The second kappa shape index (κ2) is 10.2. The molecule has 1 aromatic rings. The molecule has 12 nitrogen and oxygen atoms in total. The average molecular weight is 583 g/mol. The van der Waals surface area contributed by atoms with Crippen molar-refractivity contribution < 1.29 is 41.9 Å². The smallest absolute Gasteiger partial charge is 0.471 e. The van der Waals surface area contributed by atoms with Gasteiger partial charge in [0.2, 0.25) is 17.7 Å². The molecule has 2 unspecified atom stereocenters. The summed E-state index contributed by atoms with van der Waals surface area (Å²) in [6.45, 7) is 8.35. The Balaban J connectivity index is 1.54. The van der Waals surface area contributed by atoms with Crippen LogP contribution in [-0.2, 0) is 24.0 Å². The van der Waals surface area contributed by atoms with Gasteiger partial charge < -0.3 is 31.3 Å². The first-order valence-electron chi connectivity index (χ1n) is 13.0. The summed E-state index contributed by atoms with van der Waals surface area (Å²) in [5.74, 6) is -5.59. The van der Waals surface area contributed by atoms with Crippen LogP contribution in [0, 0.1) is 22.7 Å².